The fourth-order valence-electron chi connectivity index (χ4n) is 1.14. The Morgan fingerprint density at radius 1 is 1.35 bits per heavy atom. The van der Waals surface area contributed by atoms with E-state index >= 15 is 0 Å². The lowest BCUT2D eigenvalue weighted by Crippen LogP contribution is -2.40. The Labute approximate surface area is 119 Å². The van der Waals surface area contributed by atoms with Gasteiger partial charge in [-0.1, -0.05) is 39.7 Å². The van der Waals surface area contributed by atoms with Crippen molar-refractivity contribution in [2.75, 3.05) is 0 Å². The number of ether oxygens (including phenoxy) is 1. The first-order chi connectivity index (χ1) is 7.67. The van der Waals surface area contributed by atoms with Gasteiger partial charge in [0.15, 0.2) is 0 Å². The van der Waals surface area contributed by atoms with Gasteiger partial charge in [-0.15, -0.1) is 0 Å². The zero-order valence-electron chi connectivity index (χ0n) is 8.52. The van der Waals surface area contributed by atoms with Crippen LogP contribution in [0.1, 0.15) is 12.5 Å². The summed E-state index contributed by atoms with van der Waals surface area (Å²) in [5.74, 6) is -4.10. The Hall–Kier alpha value is -0.200. The maximum Gasteiger partial charge on any atom is 0.334 e. The summed E-state index contributed by atoms with van der Waals surface area (Å²) in [6.07, 6.45) is 0. The lowest BCUT2D eigenvalue weighted by atomic mass is 10.1. The number of rotatable bonds is 3. The lowest BCUT2D eigenvalue weighted by Gasteiger charge is -2.30. The van der Waals surface area contributed by atoms with Crippen LogP contribution >= 0.6 is 43.5 Å². The highest BCUT2D eigenvalue weighted by molar-refractivity contribution is 9.10. The van der Waals surface area contributed by atoms with Crippen molar-refractivity contribution in [3.63, 3.8) is 0 Å². The molecule has 0 unspecified atom stereocenters. The number of alkyl halides is 4. The van der Waals surface area contributed by atoms with Gasteiger partial charge in [0.2, 0.25) is 0 Å². The van der Waals surface area contributed by atoms with E-state index in [0.29, 0.717) is 4.47 Å². The normalized spacial score (nSPS) is 18.0. The van der Waals surface area contributed by atoms with E-state index in [-0.39, 0.29) is 5.56 Å². The van der Waals surface area contributed by atoms with Crippen LogP contribution in [0, 0.1) is 0 Å². The van der Waals surface area contributed by atoms with E-state index < -0.39 is 15.9 Å². The van der Waals surface area contributed by atoms with E-state index in [2.05, 4.69) is 36.6 Å². The minimum atomic E-state index is -3.11. The molecule has 0 heterocycles. The van der Waals surface area contributed by atoms with Crippen molar-refractivity contribution in [2.45, 2.75) is 16.8 Å². The third-order valence-electron chi connectivity index (χ3n) is 1.86. The molecule has 0 amide bonds. The first-order valence-electron chi connectivity index (χ1n) is 4.38. The van der Waals surface area contributed by atoms with Gasteiger partial charge in [0.05, 0.1) is 0 Å². The summed E-state index contributed by atoms with van der Waals surface area (Å²) in [4.78, 5) is 10.8. The molecule has 7 heteroatoms. The van der Waals surface area contributed by atoms with E-state index in [1.165, 1.54) is 24.3 Å². The maximum atomic E-state index is 14.4. The van der Waals surface area contributed by atoms with Gasteiger partial charge in [-0.05, 0) is 28.1 Å². The van der Waals surface area contributed by atoms with E-state index in [1.807, 2.05) is 0 Å². The van der Waals surface area contributed by atoms with Crippen molar-refractivity contribution in [1.82, 2.24) is 0 Å². The summed E-state index contributed by atoms with van der Waals surface area (Å²) in [6.45, 7) is 0.961. The van der Waals surface area contributed by atoms with Gasteiger partial charge >= 0.3 is 15.9 Å². The molecule has 1 rings (SSSR count). The Balaban J connectivity index is 3.24. The van der Waals surface area contributed by atoms with Gasteiger partial charge in [0.25, 0.3) is 0 Å². The van der Waals surface area contributed by atoms with E-state index in [4.69, 9.17) is 11.6 Å². The smallest absolute Gasteiger partial charge is 0.334 e. The second-order valence-electron chi connectivity index (χ2n) is 3.19. The first-order valence-corrected chi connectivity index (χ1v) is 6.34. The quantitative estimate of drug-likeness (QED) is 0.563. The molecule has 1 aromatic rings. The van der Waals surface area contributed by atoms with Crippen molar-refractivity contribution in [3.05, 3.63) is 34.3 Å². The lowest BCUT2D eigenvalue weighted by molar-refractivity contribution is -0.197. The summed E-state index contributed by atoms with van der Waals surface area (Å²) in [7, 11) is 0. The molecular formula is C10H7Br2ClF2O2. The largest absolute Gasteiger partial charge is 0.419 e. The number of hydrogen-bond donors (Lipinski definition) is 0. The van der Waals surface area contributed by atoms with Crippen LogP contribution in [0.3, 0.4) is 0 Å². The highest BCUT2D eigenvalue weighted by atomic mass is 79.9. The monoisotopic (exact) mass is 390 g/mol. The number of benzene rings is 1. The highest BCUT2D eigenvalue weighted by Gasteiger charge is 2.55. The van der Waals surface area contributed by atoms with E-state index in [1.54, 1.807) is 0 Å². The minimum absolute atomic E-state index is 0.217. The fourth-order valence-corrected chi connectivity index (χ4v) is 1.86. The SMILES string of the molecule is CC(=O)O[C@@](F)(c1ccc(Br)cc1)[C@](F)(Cl)Br. The third kappa shape index (κ3) is 3.39. The predicted octanol–water partition coefficient (Wildman–Crippen LogP) is 4.39. The molecule has 94 valence electrons. The molecule has 0 bridgehead atoms. The van der Waals surface area contributed by atoms with Crippen LogP contribution in [0.25, 0.3) is 0 Å². The zero-order valence-corrected chi connectivity index (χ0v) is 12.4. The molecule has 0 N–H and O–H groups in total. The van der Waals surface area contributed by atoms with E-state index in [9.17, 15) is 13.6 Å². The topological polar surface area (TPSA) is 26.3 Å². The van der Waals surface area contributed by atoms with Crippen molar-refractivity contribution in [1.29, 1.82) is 0 Å². The van der Waals surface area contributed by atoms with Crippen molar-refractivity contribution >= 4 is 49.4 Å². The molecule has 0 aliphatic carbocycles. The van der Waals surface area contributed by atoms with Gasteiger partial charge in [-0.25, -0.2) is 4.39 Å². The van der Waals surface area contributed by atoms with Crippen LogP contribution < -0.4 is 0 Å². The summed E-state index contributed by atoms with van der Waals surface area (Å²) in [5.41, 5.74) is -0.217. The average molecular weight is 392 g/mol. The van der Waals surface area contributed by atoms with Crippen LogP contribution in [-0.4, -0.2) is 10.0 Å². The summed E-state index contributed by atoms with van der Waals surface area (Å²) in [5, 5.41) is 0. The zero-order chi connectivity index (χ0) is 13.3. The number of esters is 1. The number of carbonyl (C=O) groups excluding carboxylic acids is 1. The van der Waals surface area contributed by atoms with Crippen molar-refractivity contribution in [2.24, 2.45) is 0 Å². The van der Waals surface area contributed by atoms with Gasteiger partial charge in [-0.3, -0.25) is 4.79 Å². The van der Waals surface area contributed by atoms with Crippen LogP contribution in [0.5, 0.6) is 0 Å². The number of hydrogen-bond acceptors (Lipinski definition) is 2. The first kappa shape index (κ1) is 14.9. The molecular weight excluding hydrogens is 385 g/mol. The molecule has 0 aliphatic heterocycles. The van der Waals surface area contributed by atoms with Crippen LogP contribution in [0.4, 0.5) is 8.78 Å². The van der Waals surface area contributed by atoms with Gasteiger partial charge < -0.3 is 4.74 Å². The summed E-state index contributed by atoms with van der Waals surface area (Å²) in [6, 6.07) is 5.46. The van der Waals surface area contributed by atoms with Crippen molar-refractivity contribution < 1.29 is 18.3 Å². The fraction of sp³-hybridized carbons (Fsp3) is 0.300. The average Bonchev–Trinajstić information content (AvgIpc) is 2.15. The van der Waals surface area contributed by atoms with Gasteiger partial charge in [0.1, 0.15) is 0 Å². The second-order valence-corrected chi connectivity index (χ2v) is 6.18. The molecule has 0 saturated heterocycles. The van der Waals surface area contributed by atoms with E-state index in [0.717, 1.165) is 6.92 Å². The molecule has 0 spiro atoms. The van der Waals surface area contributed by atoms with Crippen LogP contribution in [0.15, 0.2) is 28.7 Å². The number of halogens is 5. The molecule has 0 radical (unpaired) electrons. The highest BCUT2D eigenvalue weighted by Crippen LogP contribution is 2.48. The molecule has 2 atom stereocenters. The molecule has 2 nitrogen and oxygen atoms in total. The molecule has 0 fully saturated rings. The molecule has 0 aromatic heterocycles. The Kier molecular flexibility index (Phi) is 4.54. The van der Waals surface area contributed by atoms with Crippen LogP contribution in [0.2, 0.25) is 0 Å². The van der Waals surface area contributed by atoms with Crippen molar-refractivity contribution in [3.8, 4) is 0 Å². The Bertz CT molecular complexity index is 419. The van der Waals surface area contributed by atoms with Gasteiger partial charge in [0, 0.05) is 17.0 Å². The standard InChI is InChI=1S/C10H7Br2ClF2O2/c1-6(16)17-9(14,10(12,13)15)7-2-4-8(11)5-3-7/h2-5H,1H3/t9-,10+/m0/s1. The molecule has 0 aliphatic rings. The molecule has 17 heavy (non-hydrogen) atoms. The maximum absolute atomic E-state index is 14.4. The minimum Gasteiger partial charge on any atom is -0.419 e. The summed E-state index contributed by atoms with van der Waals surface area (Å²) >= 11 is 10.7. The second kappa shape index (κ2) is 5.20. The molecule has 0 saturated carbocycles. The van der Waals surface area contributed by atoms with Gasteiger partial charge in [-0.2, -0.15) is 4.39 Å². The Morgan fingerprint density at radius 3 is 2.18 bits per heavy atom. The molecule has 1 aromatic carbocycles. The number of carbonyl (C=O) groups is 1. The third-order valence-corrected chi connectivity index (χ3v) is 3.15. The predicted molar refractivity (Wildman–Crippen MR) is 67.3 cm³/mol. The summed E-state index contributed by atoms with van der Waals surface area (Å²) < 4.78 is 30.0. The Morgan fingerprint density at radius 2 is 1.82 bits per heavy atom. The van der Waals surface area contributed by atoms with Crippen LogP contribution in [-0.2, 0) is 15.4 Å².